The molecule has 5 nitrogen and oxygen atoms in total. The van der Waals surface area contributed by atoms with Gasteiger partial charge < -0.3 is 20.1 Å². The topological polar surface area (TPSA) is 59.6 Å². The molecule has 1 atom stereocenters. The third kappa shape index (κ3) is 5.38. The molecule has 0 radical (unpaired) electrons. The van der Waals surface area contributed by atoms with Crippen LogP contribution in [0.3, 0.4) is 0 Å². The molecule has 3 rings (SSSR count). The van der Waals surface area contributed by atoms with Crippen LogP contribution in [0.15, 0.2) is 24.3 Å². The quantitative estimate of drug-likeness (QED) is 0.827. The first-order valence-electron chi connectivity index (χ1n) is 8.60. The van der Waals surface area contributed by atoms with Gasteiger partial charge in [-0.25, -0.2) is 4.39 Å². The summed E-state index contributed by atoms with van der Waals surface area (Å²) in [7, 11) is 0. The van der Waals surface area contributed by atoms with Crippen LogP contribution in [0.1, 0.15) is 24.8 Å². The number of carbonyl (C=O) groups is 1. The first-order chi connectivity index (χ1) is 11.7. The molecule has 7 heteroatoms. The average Bonchev–Trinajstić information content (AvgIpc) is 2.62. The number of ether oxygens (including phenoxy) is 2. The molecule has 0 aromatic heterocycles. The number of nitrogens with one attached hydrogen (secondary N) is 2. The van der Waals surface area contributed by atoms with E-state index in [-0.39, 0.29) is 35.6 Å². The van der Waals surface area contributed by atoms with Gasteiger partial charge in [0.2, 0.25) is 5.91 Å². The zero-order chi connectivity index (χ0) is 16.8. The number of rotatable bonds is 5. The summed E-state index contributed by atoms with van der Waals surface area (Å²) in [5.41, 5.74) is 0.879. The fourth-order valence-electron chi connectivity index (χ4n) is 3.45. The second-order valence-corrected chi connectivity index (χ2v) is 6.61. The molecule has 0 aliphatic carbocycles. The summed E-state index contributed by atoms with van der Waals surface area (Å²) in [6.45, 7) is 3.93. The van der Waals surface area contributed by atoms with E-state index in [0.29, 0.717) is 39.4 Å². The number of hydrogen-bond donors (Lipinski definition) is 2. The third-order valence-electron chi connectivity index (χ3n) is 4.96. The van der Waals surface area contributed by atoms with Gasteiger partial charge in [0.25, 0.3) is 0 Å². The molecule has 0 saturated carbocycles. The largest absolute Gasteiger partial charge is 0.381 e. The van der Waals surface area contributed by atoms with Crippen LogP contribution >= 0.6 is 12.4 Å². The number of morpholine rings is 1. The van der Waals surface area contributed by atoms with E-state index in [1.165, 1.54) is 12.1 Å². The van der Waals surface area contributed by atoms with Crippen molar-refractivity contribution in [2.45, 2.75) is 30.7 Å². The van der Waals surface area contributed by atoms with Gasteiger partial charge in [-0.3, -0.25) is 4.79 Å². The number of carbonyl (C=O) groups excluding carboxylic acids is 1. The molecule has 140 valence electrons. The molecule has 1 aromatic rings. The summed E-state index contributed by atoms with van der Waals surface area (Å²) in [4.78, 5) is 12.3. The minimum absolute atomic E-state index is 0. The van der Waals surface area contributed by atoms with Crippen LogP contribution in [0.5, 0.6) is 0 Å². The van der Waals surface area contributed by atoms with Gasteiger partial charge in [-0.05, 0) is 30.5 Å². The smallest absolute Gasteiger partial charge is 0.221 e. The normalized spacial score (nSPS) is 22.7. The van der Waals surface area contributed by atoms with Gasteiger partial charge in [0.15, 0.2) is 0 Å². The Kier molecular flexibility index (Phi) is 7.62. The molecule has 2 N–H and O–H groups in total. The third-order valence-corrected chi connectivity index (χ3v) is 4.96. The molecule has 1 unspecified atom stereocenters. The van der Waals surface area contributed by atoms with Gasteiger partial charge in [-0.1, -0.05) is 12.1 Å². The van der Waals surface area contributed by atoms with E-state index < -0.39 is 0 Å². The summed E-state index contributed by atoms with van der Waals surface area (Å²) in [5, 5.41) is 6.36. The molecule has 1 aromatic carbocycles. The van der Waals surface area contributed by atoms with Crippen molar-refractivity contribution in [3.8, 4) is 0 Å². The maximum absolute atomic E-state index is 13.2. The molecule has 1 amide bonds. The van der Waals surface area contributed by atoms with E-state index in [1.54, 1.807) is 0 Å². The molecule has 2 saturated heterocycles. The van der Waals surface area contributed by atoms with Crippen LogP contribution in [-0.4, -0.2) is 51.5 Å². The van der Waals surface area contributed by atoms with Crippen molar-refractivity contribution in [1.29, 1.82) is 0 Å². The Hall–Kier alpha value is -1.21. The molecule has 2 aliphatic heterocycles. The summed E-state index contributed by atoms with van der Waals surface area (Å²) in [6, 6.07) is 6.69. The van der Waals surface area contributed by atoms with E-state index in [0.717, 1.165) is 24.9 Å². The molecular weight excluding hydrogens is 347 g/mol. The first-order valence-corrected chi connectivity index (χ1v) is 8.60. The van der Waals surface area contributed by atoms with Crippen LogP contribution in [0.25, 0.3) is 0 Å². The minimum Gasteiger partial charge on any atom is -0.381 e. The van der Waals surface area contributed by atoms with Crippen molar-refractivity contribution >= 4 is 18.3 Å². The van der Waals surface area contributed by atoms with Gasteiger partial charge in [0, 0.05) is 44.2 Å². The highest BCUT2D eigenvalue weighted by Gasteiger charge is 2.35. The van der Waals surface area contributed by atoms with Gasteiger partial charge in [0.05, 0.1) is 13.2 Å². The lowest BCUT2D eigenvalue weighted by Gasteiger charge is -2.38. The summed E-state index contributed by atoms with van der Waals surface area (Å²) in [5.74, 6) is -0.223. The summed E-state index contributed by atoms with van der Waals surface area (Å²) < 4.78 is 24.1. The molecule has 2 heterocycles. The van der Waals surface area contributed by atoms with Crippen LogP contribution in [0, 0.1) is 5.82 Å². The van der Waals surface area contributed by atoms with Crippen LogP contribution in [0.4, 0.5) is 4.39 Å². The van der Waals surface area contributed by atoms with Crippen molar-refractivity contribution in [1.82, 2.24) is 10.6 Å². The molecule has 25 heavy (non-hydrogen) atoms. The number of benzene rings is 1. The highest BCUT2D eigenvalue weighted by molar-refractivity contribution is 5.85. The second-order valence-electron chi connectivity index (χ2n) is 6.61. The Labute approximate surface area is 154 Å². The highest BCUT2D eigenvalue weighted by atomic mass is 35.5. The second kappa shape index (κ2) is 9.48. The molecular formula is C18H26ClFN2O3. The van der Waals surface area contributed by atoms with Gasteiger partial charge in [0.1, 0.15) is 5.82 Å². The molecule has 2 fully saturated rings. The number of amides is 1. The van der Waals surface area contributed by atoms with E-state index in [9.17, 15) is 9.18 Å². The van der Waals surface area contributed by atoms with Gasteiger partial charge in [-0.2, -0.15) is 0 Å². The highest BCUT2D eigenvalue weighted by Crippen LogP contribution is 2.34. The maximum Gasteiger partial charge on any atom is 0.221 e. The van der Waals surface area contributed by atoms with Crippen LogP contribution < -0.4 is 10.6 Å². The molecule has 0 bridgehead atoms. The van der Waals surface area contributed by atoms with E-state index >= 15 is 0 Å². The Morgan fingerprint density at radius 1 is 1.20 bits per heavy atom. The zero-order valence-electron chi connectivity index (χ0n) is 14.3. The Balaban J connectivity index is 0.00000225. The summed E-state index contributed by atoms with van der Waals surface area (Å²) in [6.07, 6.45) is 2.06. The lowest BCUT2D eigenvalue weighted by Crippen LogP contribution is -2.48. The van der Waals surface area contributed by atoms with Crippen molar-refractivity contribution in [2.24, 2.45) is 0 Å². The number of halogens is 2. The zero-order valence-corrected chi connectivity index (χ0v) is 15.1. The van der Waals surface area contributed by atoms with Gasteiger partial charge in [-0.15, -0.1) is 12.4 Å². The van der Waals surface area contributed by atoms with E-state index in [1.807, 2.05) is 12.1 Å². The predicted octanol–water partition coefficient (Wildman–Crippen LogP) is 1.79. The monoisotopic (exact) mass is 372 g/mol. The van der Waals surface area contributed by atoms with E-state index in [2.05, 4.69) is 10.6 Å². The summed E-state index contributed by atoms with van der Waals surface area (Å²) >= 11 is 0. The SMILES string of the molecule is Cl.O=C(CC1COCCN1)NCC1(c2ccc(F)cc2)CCOCC1. The first kappa shape index (κ1) is 20.1. The van der Waals surface area contributed by atoms with Crippen molar-refractivity contribution in [3.63, 3.8) is 0 Å². The predicted molar refractivity (Wildman–Crippen MR) is 95.6 cm³/mol. The van der Waals surface area contributed by atoms with Crippen molar-refractivity contribution in [2.75, 3.05) is 39.5 Å². The van der Waals surface area contributed by atoms with Crippen molar-refractivity contribution in [3.05, 3.63) is 35.6 Å². The lowest BCUT2D eigenvalue weighted by molar-refractivity contribution is -0.122. The van der Waals surface area contributed by atoms with Crippen molar-refractivity contribution < 1.29 is 18.7 Å². The van der Waals surface area contributed by atoms with E-state index in [4.69, 9.17) is 9.47 Å². The fourth-order valence-corrected chi connectivity index (χ4v) is 3.45. The van der Waals surface area contributed by atoms with Crippen LogP contribution in [0.2, 0.25) is 0 Å². The Morgan fingerprint density at radius 2 is 1.92 bits per heavy atom. The standard InChI is InChI=1S/C18H25FN2O3.ClH/c19-15-3-1-14(2-4-15)18(5-8-23-9-6-18)13-21-17(22)11-16-12-24-10-7-20-16;/h1-4,16,20H,5-13H2,(H,21,22);1H. The minimum atomic E-state index is -0.242. The number of hydrogen-bond acceptors (Lipinski definition) is 4. The van der Waals surface area contributed by atoms with Crippen LogP contribution in [-0.2, 0) is 19.7 Å². The average molecular weight is 373 g/mol. The van der Waals surface area contributed by atoms with Gasteiger partial charge >= 0.3 is 0 Å². The maximum atomic E-state index is 13.2. The fraction of sp³-hybridized carbons (Fsp3) is 0.611. The Bertz CT molecular complexity index is 544. The Morgan fingerprint density at radius 3 is 2.56 bits per heavy atom. The lowest BCUT2D eigenvalue weighted by atomic mass is 9.74. The molecule has 0 spiro atoms. The molecule has 2 aliphatic rings.